The van der Waals surface area contributed by atoms with Gasteiger partial charge in [-0.05, 0) is 36.4 Å². The third-order valence-electron chi connectivity index (χ3n) is 5.25. The standard InChI is InChI=1S/C24H17F3N6O/c1-32-13-11-19(31-32)17-14-16(9-10-18(17)24(25,26)27)23(34)30-22-21(15-6-3-2-4-7-15)29-20-8-5-12-28-33(20)22/h2-14H,1H3,(H,30,34). The quantitative estimate of drug-likeness (QED) is 0.405. The second-order valence-corrected chi connectivity index (χ2v) is 7.56. The average Bonchev–Trinajstić information content (AvgIpc) is 3.42. The Bertz CT molecular complexity index is 1500. The molecule has 0 saturated carbocycles. The van der Waals surface area contributed by atoms with Crippen LogP contribution in [0.2, 0.25) is 0 Å². The Balaban J connectivity index is 1.58. The van der Waals surface area contributed by atoms with Crippen LogP contribution in [0.25, 0.3) is 28.2 Å². The highest BCUT2D eigenvalue weighted by Gasteiger charge is 2.34. The molecule has 0 unspecified atom stereocenters. The van der Waals surface area contributed by atoms with E-state index in [-0.39, 0.29) is 16.8 Å². The number of hydrogen-bond donors (Lipinski definition) is 1. The van der Waals surface area contributed by atoms with E-state index in [4.69, 9.17) is 0 Å². The molecule has 0 aliphatic heterocycles. The van der Waals surface area contributed by atoms with E-state index in [1.807, 2.05) is 30.3 Å². The van der Waals surface area contributed by atoms with E-state index in [1.54, 1.807) is 31.6 Å². The third kappa shape index (κ3) is 3.90. The maximum Gasteiger partial charge on any atom is 0.417 e. The number of fused-ring (bicyclic) bond motifs is 1. The van der Waals surface area contributed by atoms with Gasteiger partial charge in [0.2, 0.25) is 0 Å². The molecule has 3 heterocycles. The van der Waals surface area contributed by atoms with Crippen LogP contribution in [0.1, 0.15) is 15.9 Å². The highest BCUT2D eigenvalue weighted by molar-refractivity contribution is 6.06. The summed E-state index contributed by atoms with van der Waals surface area (Å²) in [4.78, 5) is 17.8. The molecule has 0 bridgehead atoms. The average molecular weight is 462 g/mol. The van der Waals surface area contributed by atoms with Crippen LogP contribution in [0.4, 0.5) is 19.0 Å². The number of nitrogens with zero attached hydrogens (tertiary/aromatic N) is 5. The number of imidazole rings is 1. The Morgan fingerprint density at radius 2 is 1.79 bits per heavy atom. The highest BCUT2D eigenvalue weighted by atomic mass is 19.4. The number of halogens is 3. The lowest BCUT2D eigenvalue weighted by atomic mass is 10.0. The molecule has 0 aliphatic rings. The smallest absolute Gasteiger partial charge is 0.305 e. The molecule has 3 aromatic heterocycles. The summed E-state index contributed by atoms with van der Waals surface area (Å²) >= 11 is 0. The molecule has 0 aliphatic carbocycles. The van der Waals surface area contributed by atoms with Crippen LogP contribution in [0.15, 0.2) is 79.1 Å². The van der Waals surface area contributed by atoms with Crippen molar-refractivity contribution in [2.75, 3.05) is 5.32 Å². The number of aromatic nitrogens is 5. The van der Waals surface area contributed by atoms with E-state index in [0.717, 1.165) is 17.7 Å². The molecule has 1 N–H and O–H groups in total. The van der Waals surface area contributed by atoms with Gasteiger partial charge in [0.05, 0.1) is 11.3 Å². The zero-order chi connectivity index (χ0) is 23.9. The number of rotatable bonds is 4. The number of carbonyl (C=O) groups excluding carboxylic acids is 1. The number of amides is 1. The minimum Gasteiger partial charge on any atom is -0.305 e. The summed E-state index contributed by atoms with van der Waals surface area (Å²) in [6.45, 7) is 0. The van der Waals surface area contributed by atoms with Gasteiger partial charge in [-0.15, -0.1) is 0 Å². The van der Waals surface area contributed by atoms with Crippen molar-refractivity contribution in [2.24, 2.45) is 7.05 Å². The zero-order valence-electron chi connectivity index (χ0n) is 17.8. The van der Waals surface area contributed by atoms with Gasteiger partial charge in [0.1, 0.15) is 5.69 Å². The lowest BCUT2D eigenvalue weighted by Gasteiger charge is -2.13. The van der Waals surface area contributed by atoms with Gasteiger partial charge >= 0.3 is 6.18 Å². The van der Waals surface area contributed by atoms with Crippen molar-refractivity contribution in [3.63, 3.8) is 0 Å². The first-order chi connectivity index (χ1) is 16.3. The Morgan fingerprint density at radius 3 is 2.50 bits per heavy atom. The number of hydrogen-bond acceptors (Lipinski definition) is 4. The van der Waals surface area contributed by atoms with Crippen molar-refractivity contribution >= 4 is 17.4 Å². The van der Waals surface area contributed by atoms with Crippen molar-refractivity contribution in [3.8, 4) is 22.5 Å². The fraction of sp³-hybridized carbons (Fsp3) is 0.0833. The van der Waals surface area contributed by atoms with Crippen molar-refractivity contribution in [3.05, 3.63) is 90.3 Å². The Hall–Kier alpha value is -4.47. The predicted octanol–water partition coefficient (Wildman–Crippen LogP) is 5.07. The molecular weight excluding hydrogens is 445 g/mol. The normalized spacial score (nSPS) is 11.6. The van der Waals surface area contributed by atoms with E-state index >= 15 is 0 Å². The van der Waals surface area contributed by atoms with Crippen LogP contribution in [0.3, 0.4) is 0 Å². The highest BCUT2D eigenvalue weighted by Crippen LogP contribution is 2.37. The summed E-state index contributed by atoms with van der Waals surface area (Å²) < 4.78 is 43.8. The number of aryl methyl sites for hydroxylation is 1. The number of nitrogens with one attached hydrogen (secondary N) is 1. The second kappa shape index (κ2) is 8.14. The molecule has 2 aromatic carbocycles. The summed E-state index contributed by atoms with van der Waals surface area (Å²) in [5, 5.41) is 11.1. The van der Waals surface area contributed by atoms with E-state index < -0.39 is 17.6 Å². The molecule has 0 atom stereocenters. The molecule has 34 heavy (non-hydrogen) atoms. The summed E-state index contributed by atoms with van der Waals surface area (Å²) in [5.74, 6) is -0.290. The fourth-order valence-electron chi connectivity index (χ4n) is 3.68. The summed E-state index contributed by atoms with van der Waals surface area (Å²) in [6, 6.07) is 17.4. The minimum absolute atomic E-state index is 0.0403. The zero-order valence-corrected chi connectivity index (χ0v) is 17.8. The monoisotopic (exact) mass is 462 g/mol. The molecular formula is C24H17F3N6O. The Labute approximate surface area is 191 Å². The molecule has 1 amide bonds. The molecule has 0 fully saturated rings. The van der Waals surface area contributed by atoms with Gasteiger partial charge in [0.15, 0.2) is 11.5 Å². The molecule has 0 saturated heterocycles. The Kier molecular flexibility index (Phi) is 5.12. The van der Waals surface area contributed by atoms with Gasteiger partial charge in [0.25, 0.3) is 5.91 Å². The molecule has 5 rings (SSSR count). The third-order valence-corrected chi connectivity index (χ3v) is 5.25. The molecule has 0 radical (unpaired) electrons. The van der Waals surface area contributed by atoms with Crippen molar-refractivity contribution in [2.45, 2.75) is 6.18 Å². The fourth-order valence-corrected chi connectivity index (χ4v) is 3.68. The number of benzene rings is 2. The summed E-state index contributed by atoms with van der Waals surface area (Å²) in [6.07, 6.45) is -1.51. The molecule has 170 valence electrons. The summed E-state index contributed by atoms with van der Waals surface area (Å²) in [7, 11) is 1.61. The first kappa shape index (κ1) is 21.4. The van der Waals surface area contributed by atoms with Crippen LogP contribution in [0.5, 0.6) is 0 Å². The van der Waals surface area contributed by atoms with Crippen molar-refractivity contribution in [1.82, 2.24) is 24.4 Å². The maximum atomic E-state index is 13.6. The van der Waals surface area contributed by atoms with Crippen LogP contribution in [-0.4, -0.2) is 30.3 Å². The predicted molar refractivity (Wildman–Crippen MR) is 120 cm³/mol. The molecule has 0 spiro atoms. The van der Waals surface area contributed by atoms with Crippen molar-refractivity contribution < 1.29 is 18.0 Å². The van der Waals surface area contributed by atoms with Gasteiger partial charge in [-0.3, -0.25) is 9.48 Å². The maximum absolute atomic E-state index is 13.6. The van der Waals surface area contributed by atoms with Crippen LogP contribution < -0.4 is 5.32 Å². The van der Waals surface area contributed by atoms with E-state index in [1.165, 1.54) is 21.3 Å². The van der Waals surface area contributed by atoms with Gasteiger partial charge < -0.3 is 5.32 Å². The van der Waals surface area contributed by atoms with Crippen LogP contribution in [0, 0.1) is 0 Å². The van der Waals surface area contributed by atoms with E-state index in [2.05, 4.69) is 20.5 Å². The SMILES string of the molecule is Cn1ccc(-c2cc(C(=O)Nc3c(-c4ccccc4)nc4cccnn34)ccc2C(F)(F)F)n1. The lowest BCUT2D eigenvalue weighted by Crippen LogP contribution is -2.16. The lowest BCUT2D eigenvalue weighted by molar-refractivity contribution is -0.137. The topological polar surface area (TPSA) is 77.1 Å². The Morgan fingerprint density at radius 1 is 1.00 bits per heavy atom. The molecule has 7 nitrogen and oxygen atoms in total. The van der Waals surface area contributed by atoms with Crippen LogP contribution >= 0.6 is 0 Å². The van der Waals surface area contributed by atoms with E-state index in [9.17, 15) is 18.0 Å². The van der Waals surface area contributed by atoms with Gasteiger partial charge in [-0.2, -0.15) is 27.9 Å². The number of carbonyl (C=O) groups is 1. The molecule has 5 aromatic rings. The summed E-state index contributed by atoms with van der Waals surface area (Å²) in [5.41, 5.74) is 0.863. The number of anilines is 1. The van der Waals surface area contributed by atoms with Crippen molar-refractivity contribution in [1.29, 1.82) is 0 Å². The van der Waals surface area contributed by atoms with Gasteiger partial charge in [-0.1, -0.05) is 30.3 Å². The van der Waals surface area contributed by atoms with Gasteiger partial charge in [-0.25, -0.2) is 4.98 Å². The number of alkyl halides is 3. The first-order valence-electron chi connectivity index (χ1n) is 10.2. The first-order valence-corrected chi connectivity index (χ1v) is 10.2. The van der Waals surface area contributed by atoms with Crippen LogP contribution in [-0.2, 0) is 13.2 Å². The van der Waals surface area contributed by atoms with E-state index in [0.29, 0.717) is 17.2 Å². The largest absolute Gasteiger partial charge is 0.417 e. The minimum atomic E-state index is -4.60. The second-order valence-electron chi connectivity index (χ2n) is 7.56. The molecule has 10 heteroatoms. The van der Waals surface area contributed by atoms with Gasteiger partial charge in [0, 0.05) is 36.1 Å².